The van der Waals surface area contributed by atoms with Crippen LogP contribution in [0.2, 0.25) is 0 Å². The number of nitrogens with two attached hydrogens (primary N) is 1. The van der Waals surface area contributed by atoms with E-state index in [2.05, 4.69) is 11.9 Å². The first-order valence-corrected chi connectivity index (χ1v) is 8.34. The lowest BCUT2D eigenvalue weighted by atomic mass is 10.0. The van der Waals surface area contributed by atoms with Crippen molar-refractivity contribution in [3.63, 3.8) is 0 Å². The Hall–Kier alpha value is -0.300. The number of nitrogens with zero attached hydrogens (tertiary/aromatic N) is 2. The second-order valence-corrected chi connectivity index (χ2v) is 6.16. The topological polar surface area (TPSA) is 69.8 Å². The molecule has 3 N–H and O–H groups in total. The van der Waals surface area contributed by atoms with Crippen LogP contribution in [0.1, 0.15) is 19.3 Å². The number of amides is 1. The molecule has 1 amide bonds. The van der Waals surface area contributed by atoms with E-state index in [-0.39, 0.29) is 18.6 Å². The molecule has 6 heteroatoms. The van der Waals surface area contributed by atoms with Crippen molar-refractivity contribution < 1.29 is 9.90 Å². The van der Waals surface area contributed by atoms with Gasteiger partial charge in [0.1, 0.15) is 0 Å². The summed E-state index contributed by atoms with van der Waals surface area (Å²) in [6.45, 7) is 2.41. The largest absolute Gasteiger partial charge is 0.395 e. The van der Waals surface area contributed by atoms with Crippen LogP contribution in [0.4, 0.5) is 0 Å². The van der Waals surface area contributed by atoms with Gasteiger partial charge in [0.2, 0.25) is 5.91 Å². The molecular weight excluding hydrogens is 262 g/mol. The third-order valence-electron chi connectivity index (χ3n) is 3.70. The van der Waals surface area contributed by atoms with E-state index in [1.54, 1.807) is 16.7 Å². The summed E-state index contributed by atoms with van der Waals surface area (Å²) in [6.07, 6.45) is 4.66. The van der Waals surface area contributed by atoms with Crippen LogP contribution in [0, 0.1) is 0 Å². The Kier molecular flexibility index (Phi) is 7.75. The molecule has 0 aromatic heterocycles. The number of thioether (sulfide) groups is 1. The van der Waals surface area contributed by atoms with E-state index in [0.717, 1.165) is 31.7 Å². The smallest absolute Gasteiger partial charge is 0.239 e. The van der Waals surface area contributed by atoms with E-state index < -0.39 is 6.04 Å². The number of piperidine rings is 1. The minimum absolute atomic E-state index is 0.00217. The summed E-state index contributed by atoms with van der Waals surface area (Å²) in [5.74, 6) is 0.894. The Labute approximate surface area is 120 Å². The number of carbonyl (C=O) groups excluding carboxylic acids is 1. The second-order valence-electron chi connectivity index (χ2n) is 5.18. The Balaban J connectivity index is 2.57. The molecule has 1 saturated heterocycles. The van der Waals surface area contributed by atoms with Crippen molar-refractivity contribution in [2.24, 2.45) is 5.73 Å². The first kappa shape index (κ1) is 16.8. The number of hydrogen-bond donors (Lipinski definition) is 2. The number of aliphatic hydroxyl groups excluding tert-OH is 1. The van der Waals surface area contributed by atoms with Crippen molar-refractivity contribution in [3.05, 3.63) is 0 Å². The van der Waals surface area contributed by atoms with Gasteiger partial charge >= 0.3 is 0 Å². The molecule has 0 aliphatic carbocycles. The van der Waals surface area contributed by atoms with Crippen LogP contribution >= 0.6 is 11.8 Å². The predicted octanol–water partition coefficient (Wildman–Crippen LogP) is -0.0181. The van der Waals surface area contributed by atoms with Gasteiger partial charge in [-0.15, -0.1) is 0 Å². The summed E-state index contributed by atoms with van der Waals surface area (Å²) in [6, 6.07) is -0.199. The third-order valence-corrected chi connectivity index (χ3v) is 4.35. The molecule has 1 aliphatic heterocycles. The first-order valence-electron chi connectivity index (χ1n) is 6.94. The van der Waals surface area contributed by atoms with Crippen LogP contribution in [0.25, 0.3) is 0 Å². The molecular formula is C13H27N3O2S. The lowest BCUT2D eigenvalue weighted by Crippen LogP contribution is -2.52. The molecule has 5 nitrogen and oxygen atoms in total. The van der Waals surface area contributed by atoms with E-state index in [9.17, 15) is 9.90 Å². The number of hydrogen-bond acceptors (Lipinski definition) is 5. The molecule has 1 rings (SSSR count). The number of carbonyl (C=O) groups is 1. The van der Waals surface area contributed by atoms with E-state index in [0.29, 0.717) is 13.0 Å². The van der Waals surface area contributed by atoms with Gasteiger partial charge in [-0.1, -0.05) is 0 Å². The summed E-state index contributed by atoms with van der Waals surface area (Å²) in [5.41, 5.74) is 5.97. The normalized spacial score (nSPS) is 19.4. The minimum atomic E-state index is -0.432. The standard InChI is InChI=1S/C13H27N3O2S/c1-15-6-3-11(4-7-15)16(8-9-17)13(18)12(14)5-10-19-2/h11-12,17H,3-10,14H2,1-2H3/t12-/m0/s1. The van der Waals surface area contributed by atoms with Gasteiger partial charge in [0.05, 0.1) is 12.6 Å². The van der Waals surface area contributed by atoms with Crippen molar-refractivity contribution in [2.75, 3.05) is 45.3 Å². The highest BCUT2D eigenvalue weighted by Crippen LogP contribution is 2.17. The lowest BCUT2D eigenvalue weighted by Gasteiger charge is -2.38. The molecule has 0 aromatic carbocycles. The summed E-state index contributed by atoms with van der Waals surface area (Å²) >= 11 is 1.70. The van der Waals surface area contributed by atoms with Crippen LogP contribution in [0.5, 0.6) is 0 Å². The maximum Gasteiger partial charge on any atom is 0.239 e. The monoisotopic (exact) mass is 289 g/mol. The highest BCUT2D eigenvalue weighted by atomic mass is 32.2. The number of likely N-dealkylation sites (tertiary alicyclic amines) is 1. The van der Waals surface area contributed by atoms with Crippen LogP contribution in [-0.2, 0) is 4.79 Å². The zero-order valence-electron chi connectivity index (χ0n) is 12.0. The summed E-state index contributed by atoms with van der Waals surface area (Å²) in [4.78, 5) is 16.5. The maximum absolute atomic E-state index is 12.4. The molecule has 1 atom stereocenters. The molecule has 1 fully saturated rings. The Morgan fingerprint density at radius 1 is 1.53 bits per heavy atom. The number of rotatable bonds is 7. The molecule has 19 heavy (non-hydrogen) atoms. The van der Waals surface area contributed by atoms with Gasteiger partial charge in [0, 0.05) is 12.6 Å². The number of aliphatic hydroxyl groups is 1. The molecule has 0 saturated carbocycles. The van der Waals surface area contributed by atoms with Gasteiger partial charge < -0.3 is 20.6 Å². The molecule has 1 heterocycles. The molecule has 0 bridgehead atoms. The van der Waals surface area contributed by atoms with Crippen molar-refractivity contribution in [1.29, 1.82) is 0 Å². The molecule has 0 radical (unpaired) electrons. The average Bonchev–Trinajstić information content (AvgIpc) is 2.42. The Morgan fingerprint density at radius 3 is 2.68 bits per heavy atom. The quantitative estimate of drug-likeness (QED) is 0.689. The van der Waals surface area contributed by atoms with Crippen molar-refractivity contribution >= 4 is 17.7 Å². The molecule has 0 spiro atoms. The van der Waals surface area contributed by atoms with Gasteiger partial charge in [-0.05, 0) is 51.4 Å². The fourth-order valence-corrected chi connectivity index (χ4v) is 2.96. The third kappa shape index (κ3) is 5.30. The van der Waals surface area contributed by atoms with Gasteiger partial charge in [-0.3, -0.25) is 4.79 Å². The second kappa shape index (κ2) is 8.79. The molecule has 0 aromatic rings. The fourth-order valence-electron chi connectivity index (χ4n) is 2.47. The van der Waals surface area contributed by atoms with Gasteiger partial charge in [-0.2, -0.15) is 11.8 Å². The van der Waals surface area contributed by atoms with E-state index in [4.69, 9.17) is 5.73 Å². The zero-order chi connectivity index (χ0) is 14.3. The molecule has 1 aliphatic rings. The summed E-state index contributed by atoms with van der Waals surface area (Å²) in [5, 5.41) is 9.18. The minimum Gasteiger partial charge on any atom is -0.395 e. The summed E-state index contributed by atoms with van der Waals surface area (Å²) < 4.78 is 0. The predicted molar refractivity (Wildman–Crippen MR) is 80.3 cm³/mol. The van der Waals surface area contributed by atoms with Crippen molar-refractivity contribution in [2.45, 2.75) is 31.3 Å². The van der Waals surface area contributed by atoms with Crippen molar-refractivity contribution in [3.8, 4) is 0 Å². The van der Waals surface area contributed by atoms with E-state index in [1.165, 1.54) is 0 Å². The van der Waals surface area contributed by atoms with Crippen LogP contribution in [0.3, 0.4) is 0 Å². The zero-order valence-corrected chi connectivity index (χ0v) is 12.9. The van der Waals surface area contributed by atoms with E-state index >= 15 is 0 Å². The molecule has 0 unspecified atom stereocenters. The van der Waals surface area contributed by atoms with Gasteiger partial charge in [0.25, 0.3) is 0 Å². The highest BCUT2D eigenvalue weighted by molar-refractivity contribution is 7.98. The SMILES string of the molecule is CSCC[C@H](N)C(=O)N(CCO)C1CCN(C)CC1. The van der Waals surface area contributed by atoms with Crippen molar-refractivity contribution in [1.82, 2.24) is 9.80 Å². The summed E-state index contributed by atoms with van der Waals surface area (Å²) in [7, 11) is 2.10. The van der Waals surface area contributed by atoms with Crippen LogP contribution in [-0.4, -0.2) is 78.2 Å². The Morgan fingerprint density at radius 2 is 2.16 bits per heavy atom. The van der Waals surface area contributed by atoms with E-state index in [1.807, 2.05) is 6.26 Å². The lowest BCUT2D eigenvalue weighted by molar-refractivity contribution is -0.136. The molecule has 112 valence electrons. The fraction of sp³-hybridized carbons (Fsp3) is 0.923. The van der Waals surface area contributed by atoms with Crippen LogP contribution in [0.15, 0.2) is 0 Å². The van der Waals surface area contributed by atoms with Gasteiger partial charge in [-0.25, -0.2) is 0 Å². The Bertz CT molecular complexity index is 271. The first-order chi connectivity index (χ1) is 9.10. The highest BCUT2D eigenvalue weighted by Gasteiger charge is 2.29. The van der Waals surface area contributed by atoms with Gasteiger partial charge in [0.15, 0.2) is 0 Å². The maximum atomic E-state index is 12.4. The average molecular weight is 289 g/mol. The van der Waals surface area contributed by atoms with Crippen LogP contribution < -0.4 is 5.73 Å².